The summed E-state index contributed by atoms with van der Waals surface area (Å²) in [6.45, 7) is -0.682. The number of ether oxygens (including phenoxy) is 1. The number of amides is 3. The van der Waals surface area contributed by atoms with E-state index in [2.05, 4.69) is 10.6 Å². The number of rotatable bonds is 7. The molecule has 1 aliphatic heterocycles. The lowest BCUT2D eigenvalue weighted by Crippen LogP contribution is -2.58. The van der Waals surface area contributed by atoms with Gasteiger partial charge in [-0.1, -0.05) is 0 Å². The van der Waals surface area contributed by atoms with E-state index in [9.17, 15) is 45.8 Å². The number of anilines is 1. The topological polar surface area (TPSA) is 117 Å². The molecule has 0 radical (unpaired) electrons. The average molecular weight is 485 g/mol. The van der Waals surface area contributed by atoms with Crippen LogP contribution in [0.2, 0.25) is 0 Å². The Hall–Kier alpha value is -3.03. The van der Waals surface area contributed by atoms with Gasteiger partial charge in [0.25, 0.3) is 5.91 Å². The highest BCUT2D eigenvalue weighted by molar-refractivity contribution is 6.07. The maximum Gasteiger partial charge on any atom is 0.455 e. The van der Waals surface area contributed by atoms with Crippen molar-refractivity contribution in [2.45, 2.75) is 44.5 Å². The van der Waals surface area contributed by atoms with E-state index in [-0.39, 0.29) is 17.9 Å². The first-order valence-corrected chi connectivity index (χ1v) is 9.52. The van der Waals surface area contributed by atoms with Crippen molar-refractivity contribution in [3.8, 4) is 5.75 Å². The van der Waals surface area contributed by atoms with E-state index in [1.807, 2.05) is 0 Å². The molecule has 3 amide bonds. The number of benzene rings is 1. The van der Waals surface area contributed by atoms with E-state index in [1.54, 1.807) is 0 Å². The molecule has 14 heteroatoms. The Labute approximate surface area is 183 Å². The molecule has 0 bridgehead atoms. The number of carbonyl (C=O) groups excluding carboxylic acids is 3. The van der Waals surface area contributed by atoms with Gasteiger partial charge < -0.3 is 25.8 Å². The van der Waals surface area contributed by atoms with Crippen LogP contribution >= 0.6 is 0 Å². The molecule has 4 N–H and O–H groups in total. The predicted octanol–water partition coefficient (Wildman–Crippen LogP) is 1.73. The van der Waals surface area contributed by atoms with Crippen LogP contribution in [-0.2, 0) is 14.4 Å². The zero-order valence-electron chi connectivity index (χ0n) is 17.4. The minimum Gasteiger partial charge on any atom is -0.485 e. The minimum atomic E-state index is -5.91. The van der Waals surface area contributed by atoms with E-state index in [4.69, 9.17) is 4.74 Å². The van der Waals surface area contributed by atoms with Gasteiger partial charge in [-0.3, -0.25) is 14.4 Å². The van der Waals surface area contributed by atoms with Crippen LogP contribution in [0.4, 0.5) is 32.0 Å². The van der Waals surface area contributed by atoms with Crippen molar-refractivity contribution >= 4 is 23.4 Å². The zero-order valence-corrected chi connectivity index (χ0v) is 17.4. The maximum atomic E-state index is 13.5. The van der Waals surface area contributed by atoms with Crippen LogP contribution in [0, 0.1) is 11.2 Å². The first-order chi connectivity index (χ1) is 15.1. The summed E-state index contributed by atoms with van der Waals surface area (Å²) in [5.41, 5.74) is -2.25. The van der Waals surface area contributed by atoms with Crippen molar-refractivity contribution in [1.82, 2.24) is 10.6 Å². The van der Waals surface area contributed by atoms with Gasteiger partial charge in [0.1, 0.15) is 29.1 Å². The molecule has 0 saturated carbocycles. The molecular formula is C19H21F6N3O5. The van der Waals surface area contributed by atoms with Gasteiger partial charge in [-0.15, -0.1) is 0 Å². The van der Waals surface area contributed by atoms with Crippen molar-refractivity contribution in [3.05, 3.63) is 24.0 Å². The number of hydrogen-bond donors (Lipinski definition) is 4. The number of hydrogen-bond acceptors (Lipinski definition) is 5. The largest absolute Gasteiger partial charge is 0.485 e. The Balaban J connectivity index is 2.18. The molecule has 184 valence electrons. The van der Waals surface area contributed by atoms with Crippen LogP contribution in [0.5, 0.6) is 5.75 Å². The second-order valence-corrected chi connectivity index (χ2v) is 7.76. The highest BCUT2D eigenvalue weighted by Gasteiger charge is 2.57. The van der Waals surface area contributed by atoms with Crippen LogP contribution in [0.15, 0.2) is 18.2 Å². The van der Waals surface area contributed by atoms with Crippen LogP contribution in [0.25, 0.3) is 0 Å². The number of halogens is 6. The predicted molar refractivity (Wildman–Crippen MR) is 101 cm³/mol. The van der Waals surface area contributed by atoms with Crippen molar-refractivity contribution in [1.29, 1.82) is 0 Å². The third kappa shape index (κ3) is 5.86. The highest BCUT2D eigenvalue weighted by atomic mass is 19.4. The third-order valence-electron chi connectivity index (χ3n) is 4.85. The Morgan fingerprint density at radius 1 is 1.15 bits per heavy atom. The van der Waals surface area contributed by atoms with Gasteiger partial charge in [-0.25, -0.2) is 4.39 Å². The molecule has 0 saturated heterocycles. The quantitative estimate of drug-likeness (QED) is 0.347. The lowest BCUT2D eigenvalue weighted by Gasteiger charge is -2.29. The number of aliphatic hydroxyl groups excluding tert-OH is 1. The van der Waals surface area contributed by atoms with Gasteiger partial charge in [0.15, 0.2) is 0 Å². The van der Waals surface area contributed by atoms with E-state index < -0.39 is 66.4 Å². The van der Waals surface area contributed by atoms with Crippen LogP contribution in [0.1, 0.15) is 20.3 Å². The molecule has 1 heterocycles. The summed E-state index contributed by atoms with van der Waals surface area (Å²) in [6.07, 6.45) is -7.27. The van der Waals surface area contributed by atoms with E-state index in [1.165, 1.54) is 11.4 Å². The minimum absolute atomic E-state index is 0.0336. The molecule has 0 fully saturated rings. The Bertz CT molecular complexity index is 922. The molecular weight excluding hydrogens is 464 g/mol. The number of aliphatic hydroxyl groups is 1. The molecule has 2 rings (SSSR count). The van der Waals surface area contributed by atoms with Crippen LogP contribution in [0.3, 0.4) is 0 Å². The molecule has 2 atom stereocenters. The van der Waals surface area contributed by atoms with Gasteiger partial charge in [-0.2, -0.15) is 22.0 Å². The Kier molecular flexibility index (Phi) is 7.51. The van der Waals surface area contributed by atoms with Gasteiger partial charge in [-0.05, 0) is 26.0 Å². The monoisotopic (exact) mass is 485 g/mol. The van der Waals surface area contributed by atoms with Crippen molar-refractivity contribution in [2.75, 3.05) is 18.5 Å². The summed E-state index contributed by atoms with van der Waals surface area (Å²) in [6, 6.07) is 1.68. The fraction of sp³-hybridized carbons (Fsp3) is 0.526. The molecule has 0 aromatic heterocycles. The van der Waals surface area contributed by atoms with Gasteiger partial charge in [0, 0.05) is 19.1 Å². The first-order valence-electron chi connectivity index (χ1n) is 9.52. The maximum absolute atomic E-state index is 13.5. The van der Waals surface area contributed by atoms with E-state index in [0.29, 0.717) is 0 Å². The number of alkyl halides is 5. The molecule has 1 aromatic carbocycles. The fourth-order valence-electron chi connectivity index (χ4n) is 2.76. The molecule has 1 aromatic rings. The normalized spacial score (nSPS) is 19.0. The lowest BCUT2D eigenvalue weighted by molar-refractivity contribution is -0.278. The van der Waals surface area contributed by atoms with Crippen LogP contribution < -0.4 is 20.7 Å². The molecule has 0 spiro atoms. The summed E-state index contributed by atoms with van der Waals surface area (Å²) in [7, 11) is 0. The number of carbonyl (C=O) groups is 3. The molecule has 0 aliphatic carbocycles. The number of nitrogens with one attached hydrogen (secondary N) is 3. The summed E-state index contributed by atoms with van der Waals surface area (Å²) in [5, 5.41) is 15.2. The van der Waals surface area contributed by atoms with Gasteiger partial charge in [0.2, 0.25) is 11.8 Å². The van der Waals surface area contributed by atoms with Crippen molar-refractivity contribution in [2.24, 2.45) is 5.41 Å². The van der Waals surface area contributed by atoms with E-state index in [0.717, 1.165) is 26.0 Å². The van der Waals surface area contributed by atoms with Gasteiger partial charge >= 0.3 is 12.1 Å². The first kappa shape index (κ1) is 26.2. The molecule has 33 heavy (non-hydrogen) atoms. The number of fused-ring (bicyclic) bond motifs is 1. The molecule has 1 unspecified atom stereocenters. The van der Waals surface area contributed by atoms with E-state index >= 15 is 0 Å². The fourth-order valence-corrected chi connectivity index (χ4v) is 2.76. The van der Waals surface area contributed by atoms with Crippen molar-refractivity contribution in [3.63, 3.8) is 0 Å². The highest BCUT2D eigenvalue weighted by Crippen LogP contribution is 2.35. The standard InChI is InChI=1S/C19H21F6N3O5/c1-17(2,15(31)26-8-18(21,22)19(23,24)25)16(32)28-13-12(5-6-29)33-11-4-3-9(20)7-10(11)27-14(13)30/h3-4,7,12-13,29H,5-6,8H2,1-2H3,(H,26,31)(H,27,30)(H,28,32)/t12-,13?/m1/s1. The Morgan fingerprint density at radius 2 is 1.79 bits per heavy atom. The molecule has 8 nitrogen and oxygen atoms in total. The average Bonchev–Trinajstić information content (AvgIpc) is 2.82. The van der Waals surface area contributed by atoms with Crippen LogP contribution in [-0.4, -0.2) is 60.2 Å². The van der Waals surface area contributed by atoms with Crippen molar-refractivity contribution < 1.29 is 50.6 Å². The zero-order chi connectivity index (χ0) is 25.2. The second-order valence-electron chi connectivity index (χ2n) is 7.76. The second kappa shape index (κ2) is 9.45. The summed E-state index contributed by atoms with van der Waals surface area (Å²) in [5.74, 6) is -9.44. The Morgan fingerprint density at radius 3 is 2.36 bits per heavy atom. The smallest absolute Gasteiger partial charge is 0.455 e. The molecule has 1 aliphatic rings. The SMILES string of the molecule is CC(C)(C(=O)NCC(F)(F)C(F)(F)F)C(=O)NC1C(=O)Nc2cc(F)ccc2O[C@@H]1CCO. The summed E-state index contributed by atoms with van der Waals surface area (Å²) >= 11 is 0. The summed E-state index contributed by atoms with van der Waals surface area (Å²) < 4.78 is 82.2. The summed E-state index contributed by atoms with van der Waals surface area (Å²) in [4.78, 5) is 37.5. The third-order valence-corrected chi connectivity index (χ3v) is 4.85. The lowest BCUT2D eigenvalue weighted by atomic mass is 9.90. The van der Waals surface area contributed by atoms with Gasteiger partial charge in [0.05, 0.1) is 12.2 Å².